The number of fused-ring (bicyclic) bond motifs is 2. The number of nitriles is 1. The Balaban J connectivity index is 1.42. The Morgan fingerprint density at radius 2 is 2.03 bits per heavy atom. The number of carbonyl (C=O) groups is 1. The topological polar surface area (TPSA) is 115 Å². The number of aromatic nitrogens is 1. The zero-order valence-corrected chi connectivity index (χ0v) is 20.2. The summed E-state index contributed by atoms with van der Waals surface area (Å²) >= 11 is 1.22. The molecule has 0 bridgehead atoms. The van der Waals surface area contributed by atoms with Crippen molar-refractivity contribution in [3.63, 3.8) is 0 Å². The average Bonchev–Trinajstić information content (AvgIpc) is 3.46. The molecule has 3 aromatic rings. The van der Waals surface area contributed by atoms with Crippen LogP contribution in [-0.2, 0) is 35.8 Å². The zero-order valence-electron chi connectivity index (χ0n) is 18.6. The molecule has 0 fully saturated rings. The van der Waals surface area contributed by atoms with E-state index in [0.717, 1.165) is 64.9 Å². The fraction of sp³-hybridized carbons (Fsp3) is 0.292. The quantitative estimate of drug-likeness (QED) is 0.573. The molecule has 2 aliphatic rings. The van der Waals surface area contributed by atoms with Gasteiger partial charge < -0.3 is 10.2 Å². The second-order valence-electron chi connectivity index (χ2n) is 8.58. The molecule has 1 aromatic carbocycles. The molecule has 2 aromatic heterocycles. The first-order chi connectivity index (χ1) is 16.3. The number of hydrogen-bond acceptors (Lipinski definition) is 7. The van der Waals surface area contributed by atoms with E-state index in [0.29, 0.717) is 17.9 Å². The second-order valence-corrected chi connectivity index (χ2v) is 11.6. The average molecular weight is 494 g/mol. The molecule has 0 spiro atoms. The Kier molecular flexibility index (Phi) is 5.85. The van der Waals surface area contributed by atoms with Crippen molar-refractivity contribution in [1.29, 1.82) is 5.26 Å². The lowest BCUT2D eigenvalue weighted by Gasteiger charge is -2.21. The first-order valence-electron chi connectivity index (χ1n) is 11.0. The number of benzene rings is 1. The maximum Gasteiger partial charge on any atom is 0.333 e. The number of anilines is 1. The van der Waals surface area contributed by atoms with Gasteiger partial charge in [0.2, 0.25) is 0 Å². The van der Waals surface area contributed by atoms with Crippen LogP contribution < -0.4 is 10.0 Å². The molecule has 10 heteroatoms. The smallest absolute Gasteiger partial charge is 0.306 e. The van der Waals surface area contributed by atoms with Crippen molar-refractivity contribution in [2.45, 2.75) is 36.4 Å². The second kappa shape index (κ2) is 8.83. The van der Waals surface area contributed by atoms with Crippen molar-refractivity contribution in [3.05, 3.63) is 63.8 Å². The Labute approximate surface area is 202 Å². The largest absolute Gasteiger partial charge is 0.333 e. The lowest BCUT2D eigenvalue weighted by molar-refractivity contribution is 0.256. The van der Waals surface area contributed by atoms with Crippen LogP contribution in [0.1, 0.15) is 33.7 Å². The van der Waals surface area contributed by atoms with Crippen LogP contribution in [0.25, 0.3) is 11.1 Å². The molecular formula is C24H23N5O3S2. The predicted octanol–water partition coefficient (Wildman–Crippen LogP) is 3.67. The summed E-state index contributed by atoms with van der Waals surface area (Å²) in [6, 6.07) is 10.2. The minimum atomic E-state index is -4.00. The van der Waals surface area contributed by atoms with Gasteiger partial charge in [0.1, 0.15) is 16.0 Å². The molecule has 0 radical (unpaired) electrons. The maximum atomic E-state index is 13.0. The summed E-state index contributed by atoms with van der Waals surface area (Å²) in [4.78, 5) is 20.2. The van der Waals surface area contributed by atoms with Gasteiger partial charge in [0.15, 0.2) is 0 Å². The Morgan fingerprint density at radius 1 is 1.18 bits per heavy atom. The monoisotopic (exact) mass is 493 g/mol. The highest BCUT2D eigenvalue weighted by Gasteiger charge is 2.26. The van der Waals surface area contributed by atoms with Gasteiger partial charge in [-0.3, -0.25) is 0 Å². The fourth-order valence-corrected chi connectivity index (χ4v) is 7.01. The first-order valence-corrected chi connectivity index (χ1v) is 13.3. The van der Waals surface area contributed by atoms with E-state index < -0.39 is 16.1 Å². The highest BCUT2D eigenvalue weighted by atomic mass is 32.2. The van der Waals surface area contributed by atoms with Crippen LogP contribution in [0.5, 0.6) is 0 Å². The fourth-order valence-electron chi connectivity index (χ4n) is 4.56. The Morgan fingerprint density at radius 3 is 2.79 bits per heavy atom. The molecule has 34 heavy (non-hydrogen) atoms. The van der Waals surface area contributed by atoms with E-state index >= 15 is 0 Å². The van der Waals surface area contributed by atoms with Crippen LogP contribution in [0.3, 0.4) is 0 Å². The van der Waals surface area contributed by atoms with Gasteiger partial charge in [-0.2, -0.15) is 5.26 Å². The minimum absolute atomic E-state index is 0.151. The summed E-state index contributed by atoms with van der Waals surface area (Å²) in [7, 11) is -2.00. The van der Waals surface area contributed by atoms with Crippen LogP contribution in [0, 0.1) is 11.3 Å². The van der Waals surface area contributed by atoms with Crippen LogP contribution in [-0.4, -0.2) is 37.9 Å². The van der Waals surface area contributed by atoms with E-state index in [2.05, 4.69) is 19.9 Å². The SMILES string of the molecule is CN1CCc2sc(S(=O)(=O)NC(=O)Nc3c(-c4ccc(C#N)nc4)ccc4c3CCC4)cc2C1. The number of likely N-dealkylation sites (N-methyl/N-ethyl adjacent to an activating group) is 1. The number of carbonyl (C=O) groups excluding carboxylic acids is 1. The number of amides is 2. The number of nitrogens with zero attached hydrogens (tertiary/aromatic N) is 3. The highest BCUT2D eigenvalue weighted by Crippen LogP contribution is 2.37. The third-order valence-corrected chi connectivity index (χ3v) is 9.28. The number of urea groups is 1. The Bertz CT molecular complexity index is 1420. The molecule has 2 N–H and O–H groups in total. The van der Waals surface area contributed by atoms with Crippen LogP contribution in [0.4, 0.5) is 10.5 Å². The number of aryl methyl sites for hydroxylation is 1. The third kappa shape index (κ3) is 4.30. The highest BCUT2D eigenvalue weighted by molar-refractivity contribution is 7.92. The van der Waals surface area contributed by atoms with E-state index in [9.17, 15) is 13.2 Å². The summed E-state index contributed by atoms with van der Waals surface area (Å²) in [5.41, 5.74) is 5.50. The molecule has 0 saturated carbocycles. The molecule has 3 heterocycles. The molecule has 1 aliphatic carbocycles. The van der Waals surface area contributed by atoms with Crippen molar-refractivity contribution in [2.24, 2.45) is 0 Å². The lowest BCUT2D eigenvalue weighted by atomic mass is 9.98. The molecule has 0 atom stereocenters. The van der Waals surface area contributed by atoms with Crippen molar-refractivity contribution >= 4 is 33.1 Å². The molecule has 1 aliphatic heterocycles. The van der Waals surface area contributed by atoms with E-state index in [1.54, 1.807) is 24.4 Å². The van der Waals surface area contributed by atoms with Gasteiger partial charge >= 0.3 is 6.03 Å². The molecule has 5 rings (SSSR count). The maximum absolute atomic E-state index is 13.0. The molecule has 8 nitrogen and oxygen atoms in total. The van der Waals surface area contributed by atoms with Gasteiger partial charge in [-0.25, -0.2) is 22.9 Å². The van der Waals surface area contributed by atoms with Gasteiger partial charge in [-0.15, -0.1) is 11.3 Å². The van der Waals surface area contributed by atoms with E-state index in [1.807, 2.05) is 25.2 Å². The molecule has 2 amide bonds. The standard InChI is InChI=1S/C24H23N5O3S2/c1-29-10-9-21-17(14-29)11-22(33-21)34(31,32)28-24(30)27-23-19-4-2-3-15(19)6-8-20(23)16-5-7-18(12-25)26-13-16/h5-8,11,13H,2-4,9-10,14H2,1H3,(H2,27,28,30). The van der Waals surface area contributed by atoms with E-state index in [4.69, 9.17) is 5.26 Å². The minimum Gasteiger partial charge on any atom is -0.306 e. The summed E-state index contributed by atoms with van der Waals surface area (Å²) in [6.45, 7) is 1.58. The number of nitrogens with one attached hydrogen (secondary N) is 2. The third-order valence-electron chi connectivity index (χ3n) is 6.24. The summed E-state index contributed by atoms with van der Waals surface area (Å²) in [5, 5.41) is 11.8. The number of pyridine rings is 1. The van der Waals surface area contributed by atoms with E-state index in [-0.39, 0.29) is 4.21 Å². The van der Waals surface area contributed by atoms with Crippen molar-refractivity contribution in [3.8, 4) is 17.2 Å². The number of sulfonamides is 1. The van der Waals surface area contributed by atoms with Crippen LogP contribution >= 0.6 is 11.3 Å². The predicted molar refractivity (Wildman–Crippen MR) is 130 cm³/mol. The van der Waals surface area contributed by atoms with Crippen molar-refractivity contribution in [1.82, 2.24) is 14.6 Å². The molecule has 174 valence electrons. The van der Waals surface area contributed by atoms with Gasteiger partial charge in [0, 0.05) is 35.3 Å². The normalized spacial score (nSPS) is 15.3. The lowest BCUT2D eigenvalue weighted by Crippen LogP contribution is -2.34. The summed E-state index contributed by atoms with van der Waals surface area (Å²) < 4.78 is 28.3. The van der Waals surface area contributed by atoms with Crippen molar-refractivity contribution in [2.75, 3.05) is 18.9 Å². The van der Waals surface area contributed by atoms with Crippen LogP contribution in [0.2, 0.25) is 0 Å². The summed E-state index contributed by atoms with van der Waals surface area (Å²) in [5.74, 6) is 0. The van der Waals surface area contributed by atoms with Crippen LogP contribution in [0.15, 0.2) is 40.7 Å². The van der Waals surface area contributed by atoms with E-state index in [1.165, 1.54) is 11.3 Å². The van der Waals surface area contributed by atoms with Gasteiger partial charge in [0.25, 0.3) is 10.0 Å². The molecule has 0 unspecified atom stereocenters. The van der Waals surface area contributed by atoms with Gasteiger partial charge in [-0.1, -0.05) is 12.1 Å². The van der Waals surface area contributed by atoms with Crippen molar-refractivity contribution < 1.29 is 13.2 Å². The Hall–Kier alpha value is -3.26. The number of hydrogen-bond donors (Lipinski definition) is 2. The summed E-state index contributed by atoms with van der Waals surface area (Å²) in [6.07, 6.45) is 5.05. The van der Waals surface area contributed by atoms with Gasteiger partial charge in [-0.05, 0) is 67.6 Å². The first kappa shape index (κ1) is 22.5. The molecular weight excluding hydrogens is 470 g/mol. The zero-order chi connectivity index (χ0) is 23.9. The number of thiophene rings is 1. The molecule has 0 saturated heterocycles. The number of rotatable bonds is 4. The van der Waals surface area contributed by atoms with Gasteiger partial charge in [0.05, 0.1) is 5.69 Å².